The quantitative estimate of drug-likeness (QED) is 0.476. The molecule has 0 saturated carbocycles. The fourth-order valence-electron chi connectivity index (χ4n) is 0.864. The summed E-state index contributed by atoms with van der Waals surface area (Å²) in [6.07, 6.45) is 0.319. The molecule has 0 aliphatic heterocycles. The molecule has 1 aromatic carbocycles. The molecule has 0 atom stereocenters. The molecular formula is C8H5F2IO2. The lowest BCUT2D eigenvalue weighted by atomic mass is 10.2. The van der Waals surface area contributed by atoms with Gasteiger partial charge in [-0.2, -0.15) is 0 Å². The van der Waals surface area contributed by atoms with Crippen LogP contribution in [0.4, 0.5) is 8.78 Å². The maximum Gasteiger partial charge on any atom is 0.192 e. The number of benzene rings is 1. The third-order valence-corrected chi connectivity index (χ3v) is 2.26. The molecule has 0 fully saturated rings. The first-order valence-corrected chi connectivity index (χ1v) is 4.36. The normalized spacial score (nSPS) is 9.85. The van der Waals surface area contributed by atoms with Crippen LogP contribution in [0.25, 0.3) is 0 Å². The van der Waals surface area contributed by atoms with Gasteiger partial charge < -0.3 is 4.74 Å². The van der Waals surface area contributed by atoms with E-state index in [0.717, 1.165) is 13.2 Å². The number of hydrogen-bond donors (Lipinski definition) is 0. The third kappa shape index (κ3) is 1.79. The number of halogens is 3. The van der Waals surface area contributed by atoms with Crippen molar-refractivity contribution in [2.75, 3.05) is 7.11 Å². The van der Waals surface area contributed by atoms with Gasteiger partial charge in [-0.15, -0.1) is 0 Å². The first kappa shape index (κ1) is 10.4. The van der Waals surface area contributed by atoms with Gasteiger partial charge in [0.15, 0.2) is 23.7 Å². The van der Waals surface area contributed by atoms with Crippen molar-refractivity contribution in [2.24, 2.45) is 0 Å². The SMILES string of the molecule is COc1c(F)c(I)cc(C=O)c1F. The summed E-state index contributed by atoms with van der Waals surface area (Å²) in [5.41, 5.74) is -0.206. The molecule has 0 amide bonds. The number of hydrogen-bond acceptors (Lipinski definition) is 2. The summed E-state index contributed by atoms with van der Waals surface area (Å²) in [7, 11) is 1.14. The van der Waals surface area contributed by atoms with Gasteiger partial charge in [0.05, 0.1) is 16.2 Å². The van der Waals surface area contributed by atoms with Gasteiger partial charge in [0.1, 0.15) is 0 Å². The van der Waals surface area contributed by atoms with E-state index < -0.39 is 17.4 Å². The molecule has 0 saturated heterocycles. The smallest absolute Gasteiger partial charge is 0.192 e. The minimum absolute atomic E-state index is 0.151. The Kier molecular flexibility index (Phi) is 3.18. The Morgan fingerprint density at radius 2 is 2.08 bits per heavy atom. The van der Waals surface area contributed by atoms with Crippen molar-refractivity contribution in [3.05, 3.63) is 26.8 Å². The molecule has 0 radical (unpaired) electrons. The molecule has 0 heterocycles. The monoisotopic (exact) mass is 298 g/mol. The fraction of sp³-hybridized carbons (Fsp3) is 0.125. The number of aldehydes is 1. The molecule has 70 valence electrons. The molecule has 0 spiro atoms. The number of carbonyl (C=O) groups is 1. The zero-order chi connectivity index (χ0) is 10.0. The summed E-state index contributed by atoms with van der Waals surface area (Å²) in [6, 6.07) is 1.13. The fourth-order valence-corrected chi connectivity index (χ4v) is 1.44. The van der Waals surface area contributed by atoms with Crippen LogP contribution < -0.4 is 4.74 Å². The van der Waals surface area contributed by atoms with Gasteiger partial charge in [0.2, 0.25) is 0 Å². The number of ether oxygens (including phenoxy) is 1. The Hall–Kier alpha value is -0.720. The minimum atomic E-state index is -0.963. The van der Waals surface area contributed by atoms with Crippen molar-refractivity contribution in [1.82, 2.24) is 0 Å². The molecule has 1 aromatic rings. The highest BCUT2D eigenvalue weighted by atomic mass is 127. The van der Waals surface area contributed by atoms with Gasteiger partial charge in [0, 0.05) is 0 Å². The van der Waals surface area contributed by atoms with Gasteiger partial charge in [0.25, 0.3) is 0 Å². The number of methoxy groups -OCH3 is 1. The van der Waals surface area contributed by atoms with Crippen LogP contribution in [0.3, 0.4) is 0 Å². The average molecular weight is 298 g/mol. The predicted molar refractivity (Wildman–Crippen MR) is 51.0 cm³/mol. The zero-order valence-electron chi connectivity index (χ0n) is 6.61. The van der Waals surface area contributed by atoms with Crippen LogP contribution in [-0.2, 0) is 0 Å². The van der Waals surface area contributed by atoms with Crippen LogP contribution in [0.2, 0.25) is 0 Å². The molecule has 13 heavy (non-hydrogen) atoms. The second-order valence-corrected chi connectivity index (χ2v) is 3.39. The van der Waals surface area contributed by atoms with Crippen LogP contribution in [0.15, 0.2) is 6.07 Å². The lowest BCUT2D eigenvalue weighted by molar-refractivity contribution is 0.111. The Morgan fingerprint density at radius 3 is 2.54 bits per heavy atom. The van der Waals surface area contributed by atoms with Crippen molar-refractivity contribution in [3.63, 3.8) is 0 Å². The molecule has 2 nitrogen and oxygen atoms in total. The molecule has 0 aromatic heterocycles. The molecule has 5 heteroatoms. The van der Waals surface area contributed by atoms with E-state index in [9.17, 15) is 13.6 Å². The second kappa shape index (κ2) is 3.99. The summed E-state index contributed by atoms with van der Waals surface area (Å²) in [4.78, 5) is 10.3. The van der Waals surface area contributed by atoms with Crippen LogP contribution >= 0.6 is 22.6 Å². The van der Waals surface area contributed by atoms with E-state index in [1.807, 2.05) is 0 Å². The Morgan fingerprint density at radius 1 is 1.46 bits per heavy atom. The van der Waals surface area contributed by atoms with Gasteiger partial charge in [-0.3, -0.25) is 4.79 Å². The van der Waals surface area contributed by atoms with Crippen molar-refractivity contribution in [3.8, 4) is 5.75 Å². The summed E-state index contributed by atoms with van der Waals surface area (Å²) in [6.45, 7) is 0. The third-order valence-electron chi connectivity index (χ3n) is 1.48. The van der Waals surface area contributed by atoms with E-state index in [1.165, 1.54) is 0 Å². The van der Waals surface area contributed by atoms with E-state index in [1.54, 1.807) is 22.6 Å². The van der Waals surface area contributed by atoms with Crippen molar-refractivity contribution in [2.45, 2.75) is 0 Å². The standard InChI is InChI=1S/C8H5F2IO2/c1-13-8-6(9)4(3-12)2-5(11)7(8)10/h2-3H,1H3. The van der Waals surface area contributed by atoms with Crippen molar-refractivity contribution in [1.29, 1.82) is 0 Å². The van der Waals surface area contributed by atoms with E-state index in [-0.39, 0.29) is 9.13 Å². The average Bonchev–Trinajstić information content (AvgIpc) is 2.12. The molecular weight excluding hydrogens is 293 g/mol. The van der Waals surface area contributed by atoms with Crippen LogP contribution in [0.1, 0.15) is 10.4 Å². The van der Waals surface area contributed by atoms with Crippen LogP contribution in [-0.4, -0.2) is 13.4 Å². The van der Waals surface area contributed by atoms with Crippen LogP contribution in [0, 0.1) is 15.2 Å². The van der Waals surface area contributed by atoms with Crippen LogP contribution in [0.5, 0.6) is 5.75 Å². The maximum absolute atomic E-state index is 13.1. The highest BCUT2D eigenvalue weighted by Crippen LogP contribution is 2.27. The molecule has 0 aliphatic rings. The Labute approximate surface area is 87.0 Å². The van der Waals surface area contributed by atoms with E-state index in [2.05, 4.69) is 4.74 Å². The molecule has 0 bridgehead atoms. The summed E-state index contributed by atoms with van der Waals surface area (Å²) < 4.78 is 30.8. The molecule has 0 aliphatic carbocycles. The number of carbonyl (C=O) groups excluding carboxylic acids is 1. The minimum Gasteiger partial charge on any atom is -0.491 e. The highest BCUT2D eigenvalue weighted by molar-refractivity contribution is 14.1. The summed E-state index contributed by atoms with van der Waals surface area (Å²) in [5, 5.41) is 0. The number of rotatable bonds is 2. The predicted octanol–water partition coefficient (Wildman–Crippen LogP) is 2.39. The lowest BCUT2D eigenvalue weighted by Crippen LogP contribution is -1.99. The Bertz CT molecular complexity index is 352. The molecule has 0 unspecified atom stereocenters. The molecule has 1 rings (SSSR count). The van der Waals surface area contributed by atoms with Crippen molar-refractivity contribution >= 4 is 28.9 Å². The maximum atomic E-state index is 13.1. The summed E-state index contributed by atoms with van der Waals surface area (Å²) in [5.74, 6) is -2.27. The van der Waals surface area contributed by atoms with Crippen molar-refractivity contribution < 1.29 is 18.3 Å². The van der Waals surface area contributed by atoms with E-state index in [0.29, 0.717) is 6.29 Å². The summed E-state index contributed by atoms with van der Waals surface area (Å²) >= 11 is 1.66. The lowest BCUT2D eigenvalue weighted by Gasteiger charge is -2.06. The van der Waals surface area contributed by atoms with E-state index >= 15 is 0 Å². The first-order valence-electron chi connectivity index (χ1n) is 3.28. The van der Waals surface area contributed by atoms with Gasteiger partial charge in [-0.1, -0.05) is 0 Å². The topological polar surface area (TPSA) is 26.3 Å². The van der Waals surface area contributed by atoms with Gasteiger partial charge in [-0.05, 0) is 28.7 Å². The Balaban J connectivity index is 3.47. The van der Waals surface area contributed by atoms with Gasteiger partial charge in [-0.25, -0.2) is 8.78 Å². The molecule has 0 N–H and O–H groups in total. The van der Waals surface area contributed by atoms with E-state index in [4.69, 9.17) is 0 Å². The zero-order valence-corrected chi connectivity index (χ0v) is 8.76. The second-order valence-electron chi connectivity index (χ2n) is 2.23. The first-order chi connectivity index (χ1) is 6.11. The van der Waals surface area contributed by atoms with Gasteiger partial charge >= 0.3 is 0 Å². The highest BCUT2D eigenvalue weighted by Gasteiger charge is 2.17. The largest absolute Gasteiger partial charge is 0.491 e.